The predicted octanol–water partition coefficient (Wildman–Crippen LogP) is 3.44. The number of hydrogen-bond acceptors (Lipinski definition) is 4. The molecule has 22 heavy (non-hydrogen) atoms. The molecule has 0 saturated carbocycles. The lowest BCUT2D eigenvalue weighted by atomic mass is 9.69. The number of carbonyl (C=O) groups excluding carboxylic acids is 1. The Morgan fingerprint density at radius 1 is 1.32 bits per heavy atom. The molecule has 0 aliphatic heterocycles. The van der Waals surface area contributed by atoms with Crippen molar-refractivity contribution in [1.29, 1.82) is 0 Å². The van der Waals surface area contributed by atoms with Crippen molar-refractivity contribution in [3.8, 4) is 0 Å². The third kappa shape index (κ3) is 4.40. The van der Waals surface area contributed by atoms with Crippen LogP contribution in [0.25, 0.3) is 0 Å². The summed E-state index contributed by atoms with van der Waals surface area (Å²) >= 11 is -2.06. The number of benzene rings is 1. The molecule has 0 spiro atoms. The lowest BCUT2D eigenvalue weighted by molar-refractivity contribution is 0.0600. The summed E-state index contributed by atoms with van der Waals surface area (Å²) in [6.07, 6.45) is 2.64. The van der Waals surface area contributed by atoms with E-state index in [1.54, 1.807) is 12.1 Å². The first-order valence-electron chi connectivity index (χ1n) is 7.63. The second-order valence-electron chi connectivity index (χ2n) is 5.80. The summed E-state index contributed by atoms with van der Waals surface area (Å²) in [6.45, 7) is 6.25. The molecule has 1 aromatic rings. The fraction of sp³-hybridized carbons (Fsp3) is 0.588. The SMILES string of the molecule is CCCC(CS(=O)[O-])C(C)(CC)c1ccc(C(=O)OC)cc1. The molecule has 1 rings (SSSR count). The van der Waals surface area contributed by atoms with Crippen molar-refractivity contribution in [2.24, 2.45) is 5.92 Å². The van der Waals surface area contributed by atoms with Gasteiger partial charge in [-0.3, -0.25) is 4.21 Å². The van der Waals surface area contributed by atoms with Crippen LogP contribution in [0.3, 0.4) is 0 Å². The van der Waals surface area contributed by atoms with Gasteiger partial charge in [0.2, 0.25) is 0 Å². The second kappa shape index (κ2) is 8.44. The molecule has 0 saturated heterocycles. The largest absolute Gasteiger partial charge is 0.772 e. The molecular formula is C17H25O4S-. The maximum Gasteiger partial charge on any atom is 0.337 e. The maximum absolute atomic E-state index is 11.5. The smallest absolute Gasteiger partial charge is 0.337 e. The normalized spacial score (nSPS) is 16.6. The Balaban J connectivity index is 3.14. The van der Waals surface area contributed by atoms with Crippen molar-refractivity contribution >= 4 is 17.0 Å². The van der Waals surface area contributed by atoms with Gasteiger partial charge in [0, 0.05) is 5.75 Å². The lowest BCUT2D eigenvalue weighted by Gasteiger charge is -2.38. The molecule has 5 heteroatoms. The highest BCUT2D eigenvalue weighted by Gasteiger charge is 2.33. The molecular weight excluding hydrogens is 300 g/mol. The molecule has 3 unspecified atom stereocenters. The molecule has 3 atom stereocenters. The third-order valence-electron chi connectivity index (χ3n) is 4.58. The quantitative estimate of drug-likeness (QED) is 0.542. The standard InChI is InChI=1S/C17H26O4S/c1-5-7-15(12-22(19)20)17(3,6-2)14-10-8-13(9-11-14)16(18)21-4/h8-11,15H,5-7,12H2,1-4H3,(H,19,20)/p-1. The van der Waals surface area contributed by atoms with Gasteiger partial charge in [-0.1, -0.05) is 50.4 Å². The number of methoxy groups -OCH3 is 1. The highest BCUT2D eigenvalue weighted by atomic mass is 32.2. The van der Waals surface area contributed by atoms with Crippen LogP contribution in [-0.2, 0) is 21.2 Å². The summed E-state index contributed by atoms with van der Waals surface area (Å²) in [7, 11) is 1.35. The second-order valence-corrected chi connectivity index (χ2v) is 6.74. The first kappa shape index (κ1) is 18.8. The zero-order valence-corrected chi connectivity index (χ0v) is 14.6. The van der Waals surface area contributed by atoms with Crippen molar-refractivity contribution in [2.45, 2.75) is 45.4 Å². The van der Waals surface area contributed by atoms with Gasteiger partial charge in [0.1, 0.15) is 0 Å². The van der Waals surface area contributed by atoms with Crippen molar-refractivity contribution in [2.75, 3.05) is 12.9 Å². The number of carbonyl (C=O) groups is 1. The van der Waals surface area contributed by atoms with Crippen LogP contribution < -0.4 is 0 Å². The van der Waals surface area contributed by atoms with Gasteiger partial charge in [-0.05, 0) is 41.9 Å². The fourth-order valence-corrected chi connectivity index (χ4v) is 3.80. The Morgan fingerprint density at radius 3 is 2.32 bits per heavy atom. The van der Waals surface area contributed by atoms with E-state index in [1.165, 1.54) is 7.11 Å². The van der Waals surface area contributed by atoms with Gasteiger partial charge in [-0.15, -0.1) is 0 Å². The van der Waals surface area contributed by atoms with Gasteiger partial charge in [0.25, 0.3) is 0 Å². The summed E-state index contributed by atoms with van der Waals surface area (Å²) in [4.78, 5) is 11.5. The van der Waals surface area contributed by atoms with Crippen molar-refractivity contribution in [3.05, 3.63) is 35.4 Å². The van der Waals surface area contributed by atoms with E-state index in [-0.39, 0.29) is 23.1 Å². The van der Waals surface area contributed by atoms with Gasteiger partial charge in [0.15, 0.2) is 0 Å². The molecule has 0 radical (unpaired) electrons. The monoisotopic (exact) mass is 325 g/mol. The highest BCUT2D eigenvalue weighted by Crippen LogP contribution is 2.38. The van der Waals surface area contributed by atoms with Gasteiger partial charge < -0.3 is 9.29 Å². The molecule has 124 valence electrons. The minimum Gasteiger partial charge on any atom is -0.772 e. The molecule has 0 fully saturated rings. The highest BCUT2D eigenvalue weighted by molar-refractivity contribution is 7.79. The minimum absolute atomic E-state index is 0.0600. The van der Waals surface area contributed by atoms with Crippen molar-refractivity contribution in [3.63, 3.8) is 0 Å². The van der Waals surface area contributed by atoms with E-state index in [1.807, 2.05) is 12.1 Å². The van der Waals surface area contributed by atoms with Gasteiger partial charge in [-0.25, -0.2) is 4.79 Å². The molecule has 0 heterocycles. The Labute approximate surface area is 135 Å². The zero-order valence-electron chi connectivity index (χ0n) is 13.8. The Kier molecular flexibility index (Phi) is 7.23. The topological polar surface area (TPSA) is 66.4 Å². The summed E-state index contributed by atoms with van der Waals surface area (Å²) in [6, 6.07) is 7.30. The molecule has 0 N–H and O–H groups in total. The summed E-state index contributed by atoms with van der Waals surface area (Å²) in [5.41, 5.74) is 1.33. The number of hydrogen-bond donors (Lipinski definition) is 0. The fourth-order valence-electron chi connectivity index (χ4n) is 2.93. The Morgan fingerprint density at radius 2 is 1.91 bits per heavy atom. The van der Waals surface area contributed by atoms with E-state index < -0.39 is 11.1 Å². The van der Waals surface area contributed by atoms with Crippen LogP contribution in [0, 0.1) is 5.92 Å². The van der Waals surface area contributed by atoms with Crippen LogP contribution in [0.2, 0.25) is 0 Å². The van der Waals surface area contributed by atoms with Crippen LogP contribution >= 0.6 is 0 Å². The van der Waals surface area contributed by atoms with Gasteiger partial charge in [-0.2, -0.15) is 0 Å². The predicted molar refractivity (Wildman–Crippen MR) is 87.6 cm³/mol. The van der Waals surface area contributed by atoms with Crippen molar-refractivity contribution in [1.82, 2.24) is 0 Å². The summed E-state index contributed by atoms with van der Waals surface area (Å²) in [5, 5.41) is 0. The maximum atomic E-state index is 11.5. The van der Waals surface area contributed by atoms with Crippen LogP contribution in [-0.4, -0.2) is 27.6 Å². The minimum atomic E-state index is -2.06. The van der Waals surface area contributed by atoms with E-state index in [0.29, 0.717) is 5.56 Å². The first-order valence-corrected chi connectivity index (χ1v) is 8.88. The summed E-state index contributed by atoms with van der Waals surface area (Å²) in [5.74, 6) is -0.142. The number of ether oxygens (including phenoxy) is 1. The van der Waals surface area contributed by atoms with E-state index in [2.05, 4.69) is 20.8 Å². The average Bonchev–Trinajstić information content (AvgIpc) is 2.52. The summed E-state index contributed by atoms with van der Waals surface area (Å²) < 4.78 is 27.1. The Hall–Kier alpha value is -1.20. The first-order chi connectivity index (χ1) is 10.4. The lowest BCUT2D eigenvalue weighted by Crippen LogP contribution is -2.35. The van der Waals surface area contributed by atoms with Crippen LogP contribution in [0.5, 0.6) is 0 Å². The molecule has 4 nitrogen and oxygen atoms in total. The van der Waals surface area contributed by atoms with Crippen LogP contribution in [0.4, 0.5) is 0 Å². The molecule has 0 bridgehead atoms. The molecule has 1 aromatic carbocycles. The molecule has 0 amide bonds. The number of esters is 1. The average molecular weight is 325 g/mol. The van der Waals surface area contributed by atoms with E-state index in [4.69, 9.17) is 4.74 Å². The zero-order chi connectivity index (χ0) is 16.8. The van der Waals surface area contributed by atoms with Gasteiger partial charge >= 0.3 is 5.97 Å². The Bertz CT molecular complexity index is 512. The van der Waals surface area contributed by atoms with Crippen LogP contribution in [0.1, 0.15) is 56.0 Å². The third-order valence-corrected chi connectivity index (χ3v) is 5.25. The van der Waals surface area contributed by atoms with Crippen molar-refractivity contribution < 1.29 is 18.3 Å². The van der Waals surface area contributed by atoms with E-state index in [9.17, 15) is 13.6 Å². The van der Waals surface area contributed by atoms with E-state index in [0.717, 1.165) is 24.8 Å². The van der Waals surface area contributed by atoms with Crippen LogP contribution in [0.15, 0.2) is 24.3 Å². The van der Waals surface area contributed by atoms with Gasteiger partial charge in [0.05, 0.1) is 12.7 Å². The molecule has 0 aliphatic carbocycles. The number of rotatable bonds is 8. The molecule has 0 aliphatic rings. The molecule has 0 aromatic heterocycles. The van der Waals surface area contributed by atoms with E-state index >= 15 is 0 Å².